The molecule has 7 rings (SSSR count). The molecule has 4 aromatic rings. The van der Waals surface area contributed by atoms with Crippen LogP contribution in [0.2, 0.25) is 5.15 Å². The predicted molar refractivity (Wildman–Crippen MR) is 123 cm³/mol. The second-order valence-corrected chi connectivity index (χ2v) is 9.81. The van der Waals surface area contributed by atoms with Gasteiger partial charge in [-0.2, -0.15) is 0 Å². The van der Waals surface area contributed by atoms with Gasteiger partial charge < -0.3 is 15.4 Å². The number of nitrogens with one attached hydrogen (secondary N) is 2. The highest BCUT2D eigenvalue weighted by Crippen LogP contribution is 2.46. The van der Waals surface area contributed by atoms with Crippen molar-refractivity contribution in [1.82, 2.24) is 34.5 Å². The maximum absolute atomic E-state index is 15.7. The molecule has 0 amide bonds. The van der Waals surface area contributed by atoms with E-state index in [1.165, 1.54) is 12.4 Å². The van der Waals surface area contributed by atoms with Crippen molar-refractivity contribution in [3.8, 4) is 22.0 Å². The Hall–Kier alpha value is -3.25. The molecule has 4 aromatic heterocycles. The molecule has 174 valence electrons. The Morgan fingerprint density at radius 1 is 1.18 bits per heavy atom. The lowest BCUT2D eigenvalue weighted by molar-refractivity contribution is -0.148. The first-order valence-electron chi connectivity index (χ1n) is 10.8. The van der Waals surface area contributed by atoms with Crippen molar-refractivity contribution in [1.29, 1.82) is 0 Å². The van der Waals surface area contributed by atoms with Crippen molar-refractivity contribution in [2.45, 2.75) is 31.7 Å². The van der Waals surface area contributed by atoms with Gasteiger partial charge >= 0.3 is 5.97 Å². The van der Waals surface area contributed by atoms with Crippen LogP contribution < -0.4 is 5.32 Å². The van der Waals surface area contributed by atoms with Crippen LogP contribution >= 0.6 is 23.1 Å². The van der Waals surface area contributed by atoms with E-state index in [1.54, 1.807) is 6.20 Å². The topological polar surface area (TPSA) is 142 Å². The third kappa shape index (κ3) is 3.48. The molecule has 4 heterocycles. The summed E-state index contributed by atoms with van der Waals surface area (Å²) in [5.41, 5.74) is 1.45. The fourth-order valence-electron chi connectivity index (χ4n) is 5.31. The third-order valence-electron chi connectivity index (χ3n) is 6.85. The van der Waals surface area contributed by atoms with Crippen molar-refractivity contribution in [3.05, 3.63) is 29.6 Å². The Kier molecular flexibility index (Phi) is 5.14. The highest BCUT2D eigenvalue weighted by Gasteiger charge is 2.47. The highest BCUT2D eigenvalue weighted by molar-refractivity contribution is 7.09. The summed E-state index contributed by atoms with van der Waals surface area (Å²) in [5, 5.41) is 17.1. The average molecular weight is 501 g/mol. The van der Waals surface area contributed by atoms with Crippen molar-refractivity contribution >= 4 is 46.1 Å². The number of aromatic nitrogens is 7. The van der Waals surface area contributed by atoms with E-state index in [-0.39, 0.29) is 34.3 Å². The summed E-state index contributed by atoms with van der Waals surface area (Å²) in [6, 6.07) is -0.424. The fraction of sp³-hybridized carbons (Fsp3) is 0.381. The van der Waals surface area contributed by atoms with Crippen molar-refractivity contribution in [2.24, 2.45) is 17.8 Å². The van der Waals surface area contributed by atoms with E-state index in [0.29, 0.717) is 21.6 Å². The van der Waals surface area contributed by atoms with E-state index < -0.39 is 23.7 Å². The number of aliphatic carboxylic acids is 1. The second kappa shape index (κ2) is 8.20. The van der Waals surface area contributed by atoms with Crippen LogP contribution in [0.15, 0.2) is 18.6 Å². The maximum atomic E-state index is 15.7. The molecule has 2 atom stereocenters. The molecular weight excluding hydrogens is 483 g/mol. The SMILES string of the molecule is O=C(O)C1C2CCC(CC2)C1Nc1nc(-c2c[nH]c3ncc(Cl)nc23)nc(-c2cnns2)c1F. The van der Waals surface area contributed by atoms with Crippen LogP contribution in [0.5, 0.6) is 0 Å². The van der Waals surface area contributed by atoms with Crippen LogP contribution in [0.3, 0.4) is 0 Å². The fourth-order valence-corrected chi connectivity index (χ4v) is 5.94. The van der Waals surface area contributed by atoms with E-state index in [2.05, 4.69) is 39.8 Å². The van der Waals surface area contributed by atoms with E-state index in [4.69, 9.17) is 11.6 Å². The minimum Gasteiger partial charge on any atom is -0.481 e. The second-order valence-electron chi connectivity index (χ2n) is 8.64. The van der Waals surface area contributed by atoms with Gasteiger partial charge in [0.1, 0.15) is 16.4 Å². The summed E-state index contributed by atoms with van der Waals surface area (Å²) in [6.07, 6.45) is 8.06. The molecule has 2 bridgehead atoms. The molecule has 3 fully saturated rings. The summed E-state index contributed by atoms with van der Waals surface area (Å²) in [6.45, 7) is 0. The van der Waals surface area contributed by atoms with Gasteiger partial charge in [-0.25, -0.2) is 24.3 Å². The first-order valence-corrected chi connectivity index (χ1v) is 12.0. The number of carbonyl (C=O) groups is 1. The van der Waals surface area contributed by atoms with E-state index in [9.17, 15) is 9.90 Å². The van der Waals surface area contributed by atoms with Crippen LogP contribution in [0.4, 0.5) is 10.2 Å². The zero-order valence-electron chi connectivity index (χ0n) is 17.6. The molecule has 0 aliphatic heterocycles. The smallest absolute Gasteiger partial charge is 0.308 e. The lowest BCUT2D eigenvalue weighted by atomic mass is 9.61. The number of nitrogens with zero attached hydrogens (tertiary/aromatic N) is 6. The van der Waals surface area contributed by atoms with Crippen molar-refractivity contribution in [3.63, 3.8) is 0 Å². The Bertz CT molecular complexity index is 1390. The van der Waals surface area contributed by atoms with Gasteiger partial charge in [0.15, 0.2) is 23.1 Å². The summed E-state index contributed by atoms with van der Waals surface area (Å²) >= 11 is 7.05. The monoisotopic (exact) mass is 500 g/mol. The molecule has 0 saturated heterocycles. The van der Waals surface area contributed by atoms with Gasteiger partial charge in [0, 0.05) is 12.2 Å². The van der Waals surface area contributed by atoms with Crippen LogP contribution in [-0.2, 0) is 4.79 Å². The maximum Gasteiger partial charge on any atom is 0.308 e. The lowest BCUT2D eigenvalue weighted by Gasteiger charge is -2.47. The van der Waals surface area contributed by atoms with Crippen LogP contribution in [-0.4, -0.2) is 51.6 Å². The van der Waals surface area contributed by atoms with Crippen molar-refractivity contribution in [2.75, 3.05) is 5.32 Å². The highest BCUT2D eigenvalue weighted by atomic mass is 35.5. The number of carboxylic acids is 1. The normalized spacial score (nSPS) is 23.9. The molecule has 2 unspecified atom stereocenters. The minimum atomic E-state index is -0.866. The molecule has 13 heteroatoms. The third-order valence-corrected chi connectivity index (χ3v) is 7.70. The Labute approximate surface area is 201 Å². The van der Waals surface area contributed by atoms with Crippen LogP contribution in [0, 0.1) is 23.6 Å². The first-order chi connectivity index (χ1) is 16.5. The Morgan fingerprint density at radius 2 is 1.97 bits per heavy atom. The number of halogens is 2. The van der Waals surface area contributed by atoms with E-state index in [0.717, 1.165) is 37.2 Å². The molecule has 3 aliphatic carbocycles. The van der Waals surface area contributed by atoms with E-state index in [1.807, 2.05) is 0 Å². The number of H-pyrrole nitrogens is 1. The molecule has 3 N–H and O–H groups in total. The largest absolute Gasteiger partial charge is 0.481 e. The summed E-state index contributed by atoms with van der Waals surface area (Å²) < 4.78 is 19.5. The summed E-state index contributed by atoms with van der Waals surface area (Å²) in [5.74, 6) is -1.80. The van der Waals surface area contributed by atoms with E-state index >= 15 is 4.39 Å². The first kappa shape index (κ1) is 21.3. The van der Waals surface area contributed by atoms with Gasteiger partial charge in [0.2, 0.25) is 0 Å². The molecule has 3 aliphatic rings. The number of rotatable bonds is 5. The van der Waals surface area contributed by atoms with Gasteiger partial charge in [-0.05, 0) is 49.1 Å². The number of hydrogen-bond donors (Lipinski definition) is 3. The number of carboxylic acid groups (broad SMARTS) is 1. The Balaban J connectivity index is 1.49. The number of fused-ring (bicyclic) bond motifs is 4. The van der Waals surface area contributed by atoms with Crippen LogP contribution in [0.1, 0.15) is 25.7 Å². The predicted octanol–water partition coefficient (Wildman–Crippen LogP) is 4.03. The zero-order valence-corrected chi connectivity index (χ0v) is 19.1. The number of anilines is 1. The van der Waals surface area contributed by atoms with Crippen molar-refractivity contribution < 1.29 is 14.3 Å². The molecule has 0 radical (unpaired) electrons. The molecule has 10 nitrogen and oxygen atoms in total. The summed E-state index contributed by atoms with van der Waals surface area (Å²) in [4.78, 5) is 33.0. The average Bonchev–Trinajstić information content (AvgIpc) is 3.51. The summed E-state index contributed by atoms with van der Waals surface area (Å²) in [7, 11) is 0. The standard InChI is InChI=1S/C21H18ClFN8O2S/c22-12-7-25-20-16(27-12)10(5-24-20)18-29-17(11-6-26-31-34-11)14(23)19(30-18)28-15-9-3-1-8(2-4-9)13(15)21(32)33/h5-9,13,15H,1-4H2,(H,24,25)(H,32,33)(H,28,29,30). The van der Waals surface area contributed by atoms with Crippen LogP contribution in [0.25, 0.3) is 33.1 Å². The Morgan fingerprint density at radius 3 is 2.71 bits per heavy atom. The van der Waals surface area contributed by atoms with Gasteiger partial charge in [-0.1, -0.05) is 16.1 Å². The zero-order chi connectivity index (χ0) is 23.4. The van der Waals surface area contributed by atoms with Gasteiger partial charge in [0.25, 0.3) is 0 Å². The molecular formula is C21H18ClFN8O2S. The van der Waals surface area contributed by atoms with Gasteiger partial charge in [0.05, 0.1) is 28.8 Å². The quantitative estimate of drug-likeness (QED) is 0.370. The minimum absolute atomic E-state index is 0.0275. The lowest BCUT2D eigenvalue weighted by Crippen LogP contribution is -2.51. The number of aromatic amines is 1. The molecule has 3 saturated carbocycles. The number of hydrogen-bond acceptors (Lipinski definition) is 9. The molecule has 0 spiro atoms. The van der Waals surface area contributed by atoms with Gasteiger partial charge in [-0.15, -0.1) is 5.10 Å². The molecule has 34 heavy (non-hydrogen) atoms. The van der Waals surface area contributed by atoms with Gasteiger partial charge in [-0.3, -0.25) is 4.79 Å². The molecule has 0 aromatic carbocycles.